The molecule has 0 fully saturated rings. The standard InChI is InChI=1S/C27H25NO3/c1-4-30-22-15-13-21(14-16-22)26(29)23(17-19-9-11-20(12-10-19)18(2)3)27-28-24-7-5-6-8-25(24)31-27/h5-18H,4H2,1-3H3. The number of para-hydroxylation sites is 2. The zero-order valence-electron chi connectivity index (χ0n) is 18.0. The van der Waals surface area contributed by atoms with Crippen LogP contribution >= 0.6 is 0 Å². The van der Waals surface area contributed by atoms with E-state index in [0.717, 1.165) is 16.8 Å². The fourth-order valence-electron chi connectivity index (χ4n) is 3.38. The predicted octanol–water partition coefficient (Wildman–Crippen LogP) is 6.77. The van der Waals surface area contributed by atoms with E-state index >= 15 is 0 Å². The Kier molecular flexibility index (Phi) is 5.99. The van der Waals surface area contributed by atoms with Gasteiger partial charge in [0.25, 0.3) is 0 Å². The number of allylic oxidation sites excluding steroid dienone is 1. The number of ether oxygens (including phenoxy) is 1. The van der Waals surface area contributed by atoms with Crippen LogP contribution in [-0.4, -0.2) is 17.4 Å². The summed E-state index contributed by atoms with van der Waals surface area (Å²) in [7, 11) is 0. The van der Waals surface area contributed by atoms with Gasteiger partial charge in [-0.3, -0.25) is 4.79 Å². The minimum Gasteiger partial charge on any atom is -0.494 e. The molecule has 0 radical (unpaired) electrons. The zero-order chi connectivity index (χ0) is 21.8. The Hall–Kier alpha value is -3.66. The molecule has 0 saturated carbocycles. The number of hydrogen-bond donors (Lipinski definition) is 0. The molecule has 1 heterocycles. The van der Waals surface area contributed by atoms with Crippen LogP contribution in [0.15, 0.2) is 77.2 Å². The normalized spacial score (nSPS) is 11.8. The molecule has 3 aromatic carbocycles. The van der Waals surface area contributed by atoms with Gasteiger partial charge in [-0.25, -0.2) is 4.98 Å². The third-order valence-corrected chi connectivity index (χ3v) is 5.11. The minimum atomic E-state index is -0.150. The van der Waals surface area contributed by atoms with Gasteiger partial charge in [-0.05, 0) is 66.4 Å². The summed E-state index contributed by atoms with van der Waals surface area (Å²) in [4.78, 5) is 18.0. The first-order valence-electron chi connectivity index (χ1n) is 10.5. The van der Waals surface area contributed by atoms with Gasteiger partial charge >= 0.3 is 0 Å². The Morgan fingerprint density at radius 2 is 1.71 bits per heavy atom. The summed E-state index contributed by atoms with van der Waals surface area (Å²) in [5, 5.41) is 0. The molecule has 4 rings (SSSR count). The fourth-order valence-corrected chi connectivity index (χ4v) is 3.38. The number of benzene rings is 3. The Morgan fingerprint density at radius 3 is 2.35 bits per heavy atom. The van der Waals surface area contributed by atoms with Crippen molar-refractivity contribution >= 4 is 28.5 Å². The molecule has 0 aliphatic rings. The second-order valence-electron chi connectivity index (χ2n) is 7.65. The van der Waals surface area contributed by atoms with Gasteiger partial charge in [-0.15, -0.1) is 0 Å². The molecule has 0 atom stereocenters. The lowest BCUT2D eigenvalue weighted by atomic mass is 9.98. The van der Waals surface area contributed by atoms with Crippen LogP contribution in [0.25, 0.3) is 22.7 Å². The van der Waals surface area contributed by atoms with E-state index in [0.29, 0.717) is 35.1 Å². The third-order valence-electron chi connectivity index (χ3n) is 5.11. The van der Waals surface area contributed by atoms with Gasteiger partial charge in [0.05, 0.1) is 12.2 Å². The van der Waals surface area contributed by atoms with Gasteiger partial charge in [0.15, 0.2) is 11.4 Å². The molecular weight excluding hydrogens is 386 g/mol. The maximum Gasteiger partial charge on any atom is 0.231 e. The lowest BCUT2D eigenvalue weighted by Gasteiger charge is -2.08. The number of Topliss-reactive ketones (excluding diaryl/α,β-unsaturated/α-hetero) is 1. The molecule has 31 heavy (non-hydrogen) atoms. The predicted molar refractivity (Wildman–Crippen MR) is 124 cm³/mol. The maximum atomic E-state index is 13.5. The lowest BCUT2D eigenvalue weighted by molar-refractivity contribution is 0.105. The van der Waals surface area contributed by atoms with Gasteiger partial charge in [-0.1, -0.05) is 50.2 Å². The van der Waals surface area contributed by atoms with Crippen LogP contribution in [0.3, 0.4) is 0 Å². The summed E-state index contributed by atoms with van der Waals surface area (Å²) in [6.45, 7) is 6.82. The van der Waals surface area contributed by atoms with Crippen LogP contribution in [0.1, 0.15) is 54.1 Å². The van der Waals surface area contributed by atoms with Gasteiger partial charge in [0.1, 0.15) is 11.3 Å². The monoisotopic (exact) mass is 411 g/mol. The van der Waals surface area contributed by atoms with Crippen LogP contribution in [0, 0.1) is 0 Å². The van der Waals surface area contributed by atoms with E-state index in [1.165, 1.54) is 5.56 Å². The van der Waals surface area contributed by atoms with E-state index in [4.69, 9.17) is 9.15 Å². The number of oxazole rings is 1. The summed E-state index contributed by atoms with van der Waals surface area (Å²) < 4.78 is 11.4. The van der Waals surface area contributed by atoms with Crippen molar-refractivity contribution in [1.82, 2.24) is 4.98 Å². The SMILES string of the molecule is CCOc1ccc(C(=O)C(=Cc2ccc(C(C)C)cc2)c2nc3ccccc3o2)cc1. The van der Waals surface area contributed by atoms with Crippen LogP contribution < -0.4 is 4.74 Å². The number of carbonyl (C=O) groups is 1. The van der Waals surface area contributed by atoms with E-state index in [1.54, 1.807) is 24.3 Å². The molecule has 0 aliphatic carbocycles. The van der Waals surface area contributed by atoms with Crippen molar-refractivity contribution in [1.29, 1.82) is 0 Å². The third kappa shape index (κ3) is 4.58. The van der Waals surface area contributed by atoms with Gasteiger partial charge in [0, 0.05) is 5.56 Å². The van der Waals surface area contributed by atoms with Crippen molar-refractivity contribution in [3.05, 3.63) is 95.4 Å². The van der Waals surface area contributed by atoms with Crippen molar-refractivity contribution in [2.24, 2.45) is 0 Å². The Morgan fingerprint density at radius 1 is 1.00 bits per heavy atom. The minimum absolute atomic E-state index is 0.150. The highest BCUT2D eigenvalue weighted by Gasteiger charge is 2.20. The van der Waals surface area contributed by atoms with Crippen LogP contribution in [0.4, 0.5) is 0 Å². The van der Waals surface area contributed by atoms with Crippen LogP contribution in [0.2, 0.25) is 0 Å². The quantitative estimate of drug-likeness (QED) is 0.249. The summed E-state index contributed by atoms with van der Waals surface area (Å²) in [6.07, 6.45) is 1.84. The Bertz CT molecular complexity index is 1180. The molecule has 0 amide bonds. The van der Waals surface area contributed by atoms with E-state index in [2.05, 4.69) is 31.0 Å². The smallest absolute Gasteiger partial charge is 0.231 e. The molecule has 0 saturated heterocycles. The number of ketones is 1. The van der Waals surface area contributed by atoms with Crippen molar-refractivity contribution in [2.45, 2.75) is 26.7 Å². The summed E-state index contributed by atoms with van der Waals surface area (Å²) in [5.41, 5.74) is 4.50. The number of aromatic nitrogens is 1. The number of rotatable bonds is 7. The van der Waals surface area contributed by atoms with Crippen molar-refractivity contribution in [3.63, 3.8) is 0 Å². The van der Waals surface area contributed by atoms with E-state index in [1.807, 2.05) is 49.4 Å². The Labute approximate surface area is 182 Å². The first-order chi connectivity index (χ1) is 15.0. The van der Waals surface area contributed by atoms with E-state index in [9.17, 15) is 4.79 Å². The number of fused-ring (bicyclic) bond motifs is 1. The first kappa shape index (κ1) is 20.6. The molecule has 0 spiro atoms. The largest absolute Gasteiger partial charge is 0.494 e. The van der Waals surface area contributed by atoms with Gasteiger partial charge < -0.3 is 9.15 Å². The second kappa shape index (κ2) is 9.00. The average molecular weight is 412 g/mol. The molecule has 1 aromatic heterocycles. The van der Waals surface area contributed by atoms with Crippen molar-refractivity contribution in [2.75, 3.05) is 6.61 Å². The van der Waals surface area contributed by atoms with Gasteiger partial charge in [0.2, 0.25) is 5.89 Å². The molecule has 0 aliphatic heterocycles. The first-order valence-corrected chi connectivity index (χ1v) is 10.5. The highest BCUT2D eigenvalue weighted by atomic mass is 16.5. The van der Waals surface area contributed by atoms with Crippen LogP contribution in [-0.2, 0) is 0 Å². The molecule has 156 valence electrons. The fraction of sp³-hybridized carbons (Fsp3) is 0.185. The van der Waals surface area contributed by atoms with Crippen LogP contribution in [0.5, 0.6) is 5.75 Å². The highest BCUT2D eigenvalue weighted by Crippen LogP contribution is 2.27. The highest BCUT2D eigenvalue weighted by molar-refractivity contribution is 6.31. The number of carbonyl (C=O) groups excluding carboxylic acids is 1. The number of hydrogen-bond acceptors (Lipinski definition) is 4. The number of nitrogens with zero attached hydrogens (tertiary/aromatic N) is 1. The molecule has 0 unspecified atom stereocenters. The van der Waals surface area contributed by atoms with Crippen molar-refractivity contribution in [3.8, 4) is 5.75 Å². The second-order valence-corrected chi connectivity index (χ2v) is 7.65. The molecule has 4 nitrogen and oxygen atoms in total. The maximum absolute atomic E-state index is 13.5. The van der Waals surface area contributed by atoms with Gasteiger partial charge in [-0.2, -0.15) is 0 Å². The van der Waals surface area contributed by atoms with E-state index in [-0.39, 0.29) is 5.78 Å². The summed E-state index contributed by atoms with van der Waals surface area (Å²) in [6, 6.07) is 22.9. The molecule has 0 N–H and O–H groups in total. The zero-order valence-corrected chi connectivity index (χ0v) is 18.0. The summed E-state index contributed by atoms with van der Waals surface area (Å²) >= 11 is 0. The Balaban J connectivity index is 1.77. The molecule has 0 bridgehead atoms. The van der Waals surface area contributed by atoms with E-state index < -0.39 is 0 Å². The lowest BCUT2D eigenvalue weighted by Crippen LogP contribution is -2.03. The molecule has 4 heteroatoms. The molecular formula is C27H25NO3. The molecule has 4 aromatic rings. The topological polar surface area (TPSA) is 52.3 Å². The van der Waals surface area contributed by atoms with Crippen molar-refractivity contribution < 1.29 is 13.9 Å². The average Bonchev–Trinajstić information content (AvgIpc) is 3.22. The summed E-state index contributed by atoms with van der Waals surface area (Å²) in [5.74, 6) is 1.34.